The Kier molecular flexibility index (Phi) is 4.86. The number of nitrogen functional groups attached to an aromatic ring is 1. The Labute approximate surface area is 124 Å². The second kappa shape index (κ2) is 6.43. The number of rotatable bonds is 4. The molecule has 1 fully saturated rings. The zero-order valence-electron chi connectivity index (χ0n) is 12.5. The molecule has 0 saturated heterocycles. The van der Waals surface area contributed by atoms with Crippen LogP contribution in [0, 0.1) is 11.8 Å². The predicted molar refractivity (Wildman–Crippen MR) is 84.3 cm³/mol. The molecular weight excluding hydrogens is 272 g/mol. The fraction of sp³-hybridized carbons (Fsp3) is 0.714. The van der Waals surface area contributed by atoms with Gasteiger partial charge in [0.2, 0.25) is 0 Å². The average Bonchev–Trinajstić information content (AvgIpc) is 2.80. The fourth-order valence-corrected chi connectivity index (χ4v) is 3.50. The van der Waals surface area contributed by atoms with Crippen molar-refractivity contribution in [2.45, 2.75) is 32.6 Å². The van der Waals surface area contributed by atoms with Crippen LogP contribution in [0.3, 0.4) is 0 Å². The number of hydrogen-bond donors (Lipinski definition) is 2. The van der Waals surface area contributed by atoms with Crippen molar-refractivity contribution in [3.05, 3.63) is 4.88 Å². The van der Waals surface area contributed by atoms with E-state index in [-0.39, 0.29) is 5.91 Å². The van der Waals surface area contributed by atoms with Gasteiger partial charge in [0.1, 0.15) is 10.7 Å². The van der Waals surface area contributed by atoms with Gasteiger partial charge in [0.15, 0.2) is 5.13 Å². The van der Waals surface area contributed by atoms with Crippen molar-refractivity contribution >= 4 is 28.2 Å². The lowest BCUT2D eigenvalue weighted by Crippen LogP contribution is -2.33. The molecule has 1 aromatic heterocycles. The van der Waals surface area contributed by atoms with E-state index in [1.807, 2.05) is 19.0 Å². The molecule has 1 aliphatic rings. The van der Waals surface area contributed by atoms with E-state index >= 15 is 0 Å². The quantitative estimate of drug-likeness (QED) is 0.894. The van der Waals surface area contributed by atoms with Gasteiger partial charge in [0, 0.05) is 20.6 Å². The highest BCUT2D eigenvalue weighted by Gasteiger charge is 2.23. The molecule has 0 spiro atoms. The smallest absolute Gasteiger partial charge is 0.265 e. The molecule has 2 unspecified atom stereocenters. The normalized spacial score (nSPS) is 22.6. The second-order valence-electron chi connectivity index (χ2n) is 5.84. The molecule has 2 atom stereocenters. The standard InChI is InChI=1S/C14H24N4OS/c1-9-6-4-5-7-10(9)8-16-13(19)11-12(15)17-14(20-11)18(2)3/h9-10H,4-8,15H2,1-3H3,(H,16,19). The van der Waals surface area contributed by atoms with E-state index in [0.29, 0.717) is 22.5 Å². The van der Waals surface area contributed by atoms with Crippen molar-refractivity contribution < 1.29 is 4.79 Å². The third-order valence-electron chi connectivity index (χ3n) is 4.04. The van der Waals surface area contributed by atoms with E-state index in [4.69, 9.17) is 5.73 Å². The Hall–Kier alpha value is -1.30. The number of hydrogen-bond acceptors (Lipinski definition) is 5. The van der Waals surface area contributed by atoms with Crippen molar-refractivity contribution in [1.29, 1.82) is 0 Å². The molecular formula is C14H24N4OS. The second-order valence-corrected chi connectivity index (χ2v) is 6.81. The first-order valence-corrected chi connectivity index (χ1v) is 8.02. The highest BCUT2D eigenvalue weighted by Crippen LogP contribution is 2.30. The van der Waals surface area contributed by atoms with Gasteiger partial charge in [0.05, 0.1) is 0 Å². The van der Waals surface area contributed by atoms with E-state index in [1.54, 1.807) is 0 Å². The summed E-state index contributed by atoms with van der Waals surface area (Å²) in [5.41, 5.74) is 5.83. The van der Waals surface area contributed by atoms with Crippen molar-refractivity contribution in [3.8, 4) is 0 Å². The average molecular weight is 296 g/mol. The lowest BCUT2D eigenvalue weighted by atomic mass is 9.80. The third-order valence-corrected chi connectivity index (χ3v) is 5.28. The maximum absolute atomic E-state index is 12.2. The summed E-state index contributed by atoms with van der Waals surface area (Å²) < 4.78 is 0. The monoisotopic (exact) mass is 296 g/mol. The first kappa shape index (κ1) is 15.1. The molecule has 0 aliphatic heterocycles. The lowest BCUT2D eigenvalue weighted by Gasteiger charge is -2.28. The molecule has 1 saturated carbocycles. The van der Waals surface area contributed by atoms with E-state index in [9.17, 15) is 4.79 Å². The number of anilines is 2. The Morgan fingerprint density at radius 2 is 2.15 bits per heavy atom. The summed E-state index contributed by atoms with van der Waals surface area (Å²) in [4.78, 5) is 18.8. The summed E-state index contributed by atoms with van der Waals surface area (Å²) in [6, 6.07) is 0. The van der Waals surface area contributed by atoms with Crippen LogP contribution in [0.15, 0.2) is 0 Å². The van der Waals surface area contributed by atoms with Crippen LogP contribution >= 0.6 is 11.3 Å². The highest BCUT2D eigenvalue weighted by atomic mass is 32.1. The molecule has 1 aromatic rings. The van der Waals surface area contributed by atoms with Crippen molar-refractivity contribution in [2.75, 3.05) is 31.3 Å². The molecule has 1 heterocycles. The minimum absolute atomic E-state index is 0.0918. The number of carbonyl (C=O) groups is 1. The van der Waals surface area contributed by atoms with Crippen LogP contribution in [-0.4, -0.2) is 31.5 Å². The number of nitrogens with zero attached hydrogens (tertiary/aromatic N) is 2. The summed E-state index contributed by atoms with van der Waals surface area (Å²) in [5, 5.41) is 3.79. The Morgan fingerprint density at radius 3 is 2.75 bits per heavy atom. The molecule has 0 bridgehead atoms. The van der Waals surface area contributed by atoms with Crippen LogP contribution in [0.5, 0.6) is 0 Å². The number of aromatic nitrogens is 1. The van der Waals surface area contributed by atoms with E-state index < -0.39 is 0 Å². The molecule has 1 aliphatic carbocycles. The molecule has 6 heteroatoms. The third kappa shape index (κ3) is 3.42. The maximum atomic E-state index is 12.2. The number of nitrogens with one attached hydrogen (secondary N) is 1. The summed E-state index contributed by atoms with van der Waals surface area (Å²) in [5.74, 6) is 1.52. The zero-order chi connectivity index (χ0) is 14.7. The molecule has 1 amide bonds. The van der Waals surface area contributed by atoms with Gasteiger partial charge in [0.25, 0.3) is 5.91 Å². The summed E-state index contributed by atoms with van der Waals surface area (Å²) >= 11 is 1.34. The molecule has 2 rings (SSSR count). The number of nitrogens with two attached hydrogens (primary N) is 1. The fourth-order valence-electron chi connectivity index (χ4n) is 2.67. The molecule has 20 heavy (non-hydrogen) atoms. The van der Waals surface area contributed by atoms with Crippen LogP contribution in [0.4, 0.5) is 10.9 Å². The molecule has 3 N–H and O–H groups in total. The van der Waals surface area contributed by atoms with Crippen molar-refractivity contribution in [2.24, 2.45) is 11.8 Å². The van der Waals surface area contributed by atoms with E-state index in [1.165, 1.54) is 37.0 Å². The van der Waals surface area contributed by atoms with Gasteiger partial charge in [-0.2, -0.15) is 0 Å². The zero-order valence-corrected chi connectivity index (χ0v) is 13.3. The molecule has 0 aromatic carbocycles. The Balaban J connectivity index is 1.94. The van der Waals surface area contributed by atoms with Crippen LogP contribution in [0.2, 0.25) is 0 Å². The molecule has 112 valence electrons. The predicted octanol–water partition coefficient (Wildman–Crippen LogP) is 2.35. The SMILES string of the molecule is CC1CCCCC1CNC(=O)c1sc(N(C)C)nc1N. The number of thiazole rings is 1. The topological polar surface area (TPSA) is 71.2 Å². The van der Waals surface area contributed by atoms with Gasteiger partial charge < -0.3 is 16.0 Å². The van der Waals surface area contributed by atoms with Gasteiger partial charge in [-0.05, 0) is 18.3 Å². The number of amides is 1. The molecule has 0 radical (unpaired) electrons. The minimum Gasteiger partial charge on any atom is -0.382 e. The largest absolute Gasteiger partial charge is 0.382 e. The Morgan fingerprint density at radius 1 is 1.45 bits per heavy atom. The van der Waals surface area contributed by atoms with Gasteiger partial charge in [-0.25, -0.2) is 4.98 Å². The van der Waals surface area contributed by atoms with Crippen LogP contribution < -0.4 is 16.0 Å². The van der Waals surface area contributed by atoms with E-state index in [2.05, 4.69) is 17.2 Å². The van der Waals surface area contributed by atoms with Crippen LogP contribution in [0.25, 0.3) is 0 Å². The van der Waals surface area contributed by atoms with Crippen molar-refractivity contribution in [3.63, 3.8) is 0 Å². The van der Waals surface area contributed by atoms with Gasteiger partial charge >= 0.3 is 0 Å². The summed E-state index contributed by atoms with van der Waals surface area (Å²) in [6.07, 6.45) is 5.08. The van der Waals surface area contributed by atoms with Gasteiger partial charge in [-0.15, -0.1) is 0 Å². The van der Waals surface area contributed by atoms with Crippen LogP contribution in [-0.2, 0) is 0 Å². The van der Waals surface area contributed by atoms with E-state index in [0.717, 1.165) is 11.7 Å². The van der Waals surface area contributed by atoms with Gasteiger partial charge in [-0.3, -0.25) is 4.79 Å². The minimum atomic E-state index is -0.0918. The highest BCUT2D eigenvalue weighted by molar-refractivity contribution is 7.18. The maximum Gasteiger partial charge on any atom is 0.265 e. The summed E-state index contributed by atoms with van der Waals surface area (Å²) in [6.45, 7) is 3.02. The Bertz CT molecular complexity index is 472. The lowest BCUT2D eigenvalue weighted by molar-refractivity contribution is 0.0941. The van der Waals surface area contributed by atoms with Crippen LogP contribution in [0.1, 0.15) is 42.3 Å². The molecule has 5 nitrogen and oxygen atoms in total. The first-order valence-electron chi connectivity index (χ1n) is 7.21. The van der Waals surface area contributed by atoms with Gasteiger partial charge in [-0.1, -0.05) is 37.5 Å². The summed E-state index contributed by atoms with van der Waals surface area (Å²) in [7, 11) is 3.79. The first-order chi connectivity index (χ1) is 9.49. The van der Waals surface area contributed by atoms with Crippen molar-refractivity contribution in [1.82, 2.24) is 10.3 Å². The number of carbonyl (C=O) groups excluding carboxylic acids is 1.